The van der Waals surface area contributed by atoms with E-state index in [1.165, 1.54) is 13.8 Å². The Morgan fingerprint density at radius 3 is 2.06 bits per heavy atom. The second-order valence-corrected chi connectivity index (χ2v) is 4.08. The summed E-state index contributed by atoms with van der Waals surface area (Å²) in [7, 11) is 0. The smallest absolute Gasteiger partial charge is 0.331 e. The van der Waals surface area contributed by atoms with Gasteiger partial charge < -0.3 is 15.5 Å². The molecule has 0 radical (unpaired) electrons. The molecular formula is C11H19NO4. The Hall–Kier alpha value is -1.36. The zero-order chi connectivity index (χ0) is 12.9. The van der Waals surface area contributed by atoms with E-state index in [1.807, 2.05) is 6.92 Å². The highest BCUT2D eigenvalue weighted by Gasteiger charge is 2.24. The lowest BCUT2D eigenvalue weighted by Gasteiger charge is -2.27. The van der Waals surface area contributed by atoms with E-state index in [-0.39, 0.29) is 17.8 Å². The first-order valence-electron chi connectivity index (χ1n) is 5.11. The van der Waals surface area contributed by atoms with Crippen molar-refractivity contribution in [2.75, 3.05) is 6.61 Å². The number of hydrogen-bond donors (Lipinski definition) is 3. The third-order valence-electron chi connectivity index (χ3n) is 2.77. The number of aliphatic hydroxyl groups is 1. The van der Waals surface area contributed by atoms with Crippen molar-refractivity contribution < 1.29 is 19.8 Å². The van der Waals surface area contributed by atoms with Gasteiger partial charge in [0.1, 0.15) is 0 Å². The monoisotopic (exact) mass is 229 g/mol. The highest BCUT2D eigenvalue weighted by molar-refractivity contribution is 6.01. The van der Waals surface area contributed by atoms with Gasteiger partial charge in [-0.2, -0.15) is 0 Å². The third kappa shape index (κ3) is 3.66. The number of carbonyl (C=O) groups excluding carboxylic acids is 1. The highest BCUT2D eigenvalue weighted by Crippen LogP contribution is 2.11. The molecule has 0 aliphatic carbocycles. The van der Waals surface area contributed by atoms with Crippen LogP contribution in [-0.2, 0) is 9.59 Å². The molecule has 1 unspecified atom stereocenters. The molecule has 0 aliphatic heterocycles. The normalized spacial score (nSPS) is 16.1. The Labute approximate surface area is 95.2 Å². The molecular weight excluding hydrogens is 210 g/mol. The van der Waals surface area contributed by atoms with Crippen LogP contribution in [0.2, 0.25) is 0 Å². The lowest BCUT2D eigenvalue weighted by atomic mass is 9.99. The first-order chi connectivity index (χ1) is 7.27. The summed E-state index contributed by atoms with van der Waals surface area (Å²) in [6.45, 7) is 6.17. The van der Waals surface area contributed by atoms with Crippen molar-refractivity contribution in [1.82, 2.24) is 5.32 Å². The highest BCUT2D eigenvalue weighted by atomic mass is 16.4. The van der Waals surface area contributed by atoms with Crippen molar-refractivity contribution in [3.63, 3.8) is 0 Å². The minimum Gasteiger partial charge on any atom is -0.478 e. The van der Waals surface area contributed by atoms with Gasteiger partial charge in [0.25, 0.3) is 0 Å². The van der Waals surface area contributed by atoms with Crippen LogP contribution in [0.15, 0.2) is 11.1 Å². The molecule has 0 spiro atoms. The summed E-state index contributed by atoms with van der Waals surface area (Å²) in [6.07, 6.45) is 0.564. The lowest BCUT2D eigenvalue weighted by molar-refractivity contribution is -0.133. The first-order valence-corrected chi connectivity index (χ1v) is 5.11. The number of rotatable bonds is 5. The lowest BCUT2D eigenvalue weighted by Crippen LogP contribution is -2.48. The number of hydrogen-bond acceptors (Lipinski definition) is 3. The number of carboxylic acid groups (broad SMARTS) is 1. The van der Waals surface area contributed by atoms with Gasteiger partial charge in [0.2, 0.25) is 5.91 Å². The molecule has 0 rings (SSSR count). The van der Waals surface area contributed by atoms with Crippen LogP contribution < -0.4 is 5.32 Å². The number of aliphatic hydroxyl groups excluding tert-OH is 1. The van der Waals surface area contributed by atoms with Crippen molar-refractivity contribution in [2.24, 2.45) is 0 Å². The number of nitrogens with one attached hydrogen (secondary N) is 1. The summed E-state index contributed by atoms with van der Waals surface area (Å²) in [5, 5.41) is 20.5. The van der Waals surface area contributed by atoms with Gasteiger partial charge in [-0.1, -0.05) is 6.92 Å². The molecule has 0 aromatic rings. The van der Waals surface area contributed by atoms with E-state index in [2.05, 4.69) is 5.32 Å². The summed E-state index contributed by atoms with van der Waals surface area (Å²) in [4.78, 5) is 22.3. The number of amides is 1. The molecule has 0 fully saturated rings. The molecule has 0 saturated heterocycles. The molecule has 0 aromatic heterocycles. The Bertz CT molecular complexity index is 316. The van der Waals surface area contributed by atoms with Gasteiger partial charge >= 0.3 is 5.97 Å². The fraction of sp³-hybridized carbons (Fsp3) is 0.636. The van der Waals surface area contributed by atoms with Crippen LogP contribution >= 0.6 is 0 Å². The van der Waals surface area contributed by atoms with Crippen molar-refractivity contribution in [3.05, 3.63) is 11.1 Å². The predicted octanol–water partition coefficient (Wildman–Crippen LogP) is 0.685. The van der Waals surface area contributed by atoms with Crippen LogP contribution in [0.25, 0.3) is 0 Å². The fourth-order valence-corrected chi connectivity index (χ4v) is 0.938. The third-order valence-corrected chi connectivity index (χ3v) is 2.77. The molecule has 16 heavy (non-hydrogen) atoms. The van der Waals surface area contributed by atoms with Gasteiger partial charge in [-0.25, -0.2) is 4.79 Å². The zero-order valence-corrected chi connectivity index (χ0v) is 10.1. The Balaban J connectivity index is 4.85. The molecule has 5 nitrogen and oxygen atoms in total. The summed E-state index contributed by atoms with van der Waals surface area (Å²) in [6, 6.07) is 0. The van der Waals surface area contributed by atoms with E-state index in [0.717, 1.165) is 0 Å². The van der Waals surface area contributed by atoms with E-state index >= 15 is 0 Å². The SMILES string of the molecule is CCC(C)(CO)NC(=O)C(C)=C(C)C(=O)O. The maximum Gasteiger partial charge on any atom is 0.331 e. The number of carboxylic acids is 1. The molecule has 5 heteroatoms. The summed E-state index contributed by atoms with van der Waals surface area (Å²) < 4.78 is 0. The van der Waals surface area contributed by atoms with Crippen LogP contribution in [0.5, 0.6) is 0 Å². The van der Waals surface area contributed by atoms with Crippen LogP contribution in [0, 0.1) is 0 Å². The predicted molar refractivity (Wildman–Crippen MR) is 59.9 cm³/mol. The molecule has 0 bridgehead atoms. The second-order valence-electron chi connectivity index (χ2n) is 4.08. The zero-order valence-electron chi connectivity index (χ0n) is 10.1. The quantitative estimate of drug-likeness (QED) is 0.605. The van der Waals surface area contributed by atoms with E-state index in [0.29, 0.717) is 6.42 Å². The average molecular weight is 229 g/mol. The molecule has 0 saturated carbocycles. The molecule has 1 atom stereocenters. The maximum absolute atomic E-state index is 11.7. The van der Waals surface area contributed by atoms with Gasteiger partial charge in [-0.15, -0.1) is 0 Å². The van der Waals surface area contributed by atoms with Crippen molar-refractivity contribution in [2.45, 2.75) is 39.7 Å². The first kappa shape index (κ1) is 14.6. The molecule has 3 N–H and O–H groups in total. The molecule has 1 amide bonds. The molecule has 0 heterocycles. The number of aliphatic carboxylic acids is 1. The van der Waals surface area contributed by atoms with Crippen molar-refractivity contribution in [3.8, 4) is 0 Å². The fourth-order valence-electron chi connectivity index (χ4n) is 0.938. The summed E-state index contributed by atoms with van der Waals surface area (Å²) >= 11 is 0. The van der Waals surface area contributed by atoms with Gasteiger partial charge in [-0.3, -0.25) is 4.79 Å². The second kappa shape index (κ2) is 5.65. The Morgan fingerprint density at radius 2 is 1.75 bits per heavy atom. The number of carbonyl (C=O) groups is 2. The van der Waals surface area contributed by atoms with Gasteiger partial charge in [-0.05, 0) is 27.2 Å². The van der Waals surface area contributed by atoms with Crippen LogP contribution in [0.4, 0.5) is 0 Å². The standard InChI is InChI=1S/C11H19NO4/c1-5-11(4,6-13)12-9(14)7(2)8(3)10(15)16/h13H,5-6H2,1-4H3,(H,12,14)(H,15,16). The molecule has 0 aromatic carbocycles. The van der Waals surface area contributed by atoms with Gasteiger partial charge in [0.05, 0.1) is 12.1 Å². The molecule has 92 valence electrons. The Morgan fingerprint density at radius 1 is 1.25 bits per heavy atom. The minimum atomic E-state index is -1.12. The van der Waals surface area contributed by atoms with E-state index in [4.69, 9.17) is 10.2 Å². The van der Waals surface area contributed by atoms with Crippen LogP contribution in [0.1, 0.15) is 34.1 Å². The van der Waals surface area contributed by atoms with E-state index in [1.54, 1.807) is 6.92 Å². The Kier molecular flexibility index (Phi) is 5.17. The minimum absolute atomic E-state index is 0.00823. The largest absolute Gasteiger partial charge is 0.478 e. The van der Waals surface area contributed by atoms with E-state index in [9.17, 15) is 9.59 Å². The van der Waals surface area contributed by atoms with Crippen molar-refractivity contribution in [1.29, 1.82) is 0 Å². The molecule has 0 aliphatic rings. The average Bonchev–Trinajstić information content (AvgIpc) is 2.26. The maximum atomic E-state index is 11.7. The topological polar surface area (TPSA) is 86.6 Å². The van der Waals surface area contributed by atoms with Crippen LogP contribution in [-0.4, -0.2) is 34.2 Å². The van der Waals surface area contributed by atoms with Crippen LogP contribution in [0.3, 0.4) is 0 Å². The summed E-state index contributed by atoms with van der Waals surface area (Å²) in [5.41, 5.74) is -0.550. The van der Waals surface area contributed by atoms with E-state index < -0.39 is 17.4 Å². The van der Waals surface area contributed by atoms with Crippen molar-refractivity contribution >= 4 is 11.9 Å². The van der Waals surface area contributed by atoms with Gasteiger partial charge in [0, 0.05) is 11.1 Å². The summed E-state index contributed by atoms with van der Waals surface area (Å²) in [5.74, 6) is -1.58. The van der Waals surface area contributed by atoms with Gasteiger partial charge in [0.15, 0.2) is 0 Å².